The lowest BCUT2D eigenvalue weighted by Gasteiger charge is -2.29. The van der Waals surface area contributed by atoms with Gasteiger partial charge in [-0.15, -0.1) is 0 Å². The number of halogens is 1. The van der Waals surface area contributed by atoms with Gasteiger partial charge in [-0.1, -0.05) is 12.2 Å². The van der Waals surface area contributed by atoms with Crippen LogP contribution in [0.4, 0.5) is 0 Å². The summed E-state index contributed by atoms with van der Waals surface area (Å²) in [5, 5.41) is 2.52. The lowest BCUT2D eigenvalue weighted by molar-refractivity contribution is -0.147. The van der Waals surface area contributed by atoms with Gasteiger partial charge in [-0.25, -0.2) is 0 Å². The molecule has 1 rings (SSSR count). The number of ether oxygens (including phenoxy) is 1. The van der Waals surface area contributed by atoms with Gasteiger partial charge in [0.25, 0.3) is 0 Å². The molecule has 0 heterocycles. The Labute approximate surface area is 105 Å². The summed E-state index contributed by atoms with van der Waals surface area (Å²) in [4.78, 5) is 23.5. The third kappa shape index (κ3) is 2.79. The van der Waals surface area contributed by atoms with Crippen molar-refractivity contribution in [3.05, 3.63) is 23.9 Å². The van der Waals surface area contributed by atoms with E-state index in [1.807, 2.05) is 0 Å². The van der Waals surface area contributed by atoms with Crippen LogP contribution in [0.1, 0.15) is 0 Å². The maximum atomic E-state index is 11.8. The van der Waals surface area contributed by atoms with Gasteiger partial charge in [0.05, 0.1) is 18.9 Å². The molecule has 1 aliphatic carbocycles. The van der Waals surface area contributed by atoms with Crippen molar-refractivity contribution < 1.29 is 14.3 Å². The highest BCUT2D eigenvalue weighted by Crippen LogP contribution is 2.30. The Balaban J connectivity index is 3.09. The highest BCUT2D eigenvalue weighted by molar-refractivity contribution is 6.14. The molecule has 94 valence electrons. The van der Waals surface area contributed by atoms with E-state index in [1.54, 1.807) is 25.3 Å². The molecule has 0 saturated carbocycles. The number of carbonyl (C=O) groups is 2. The van der Waals surface area contributed by atoms with Crippen molar-refractivity contribution in [2.24, 2.45) is 11.8 Å². The van der Waals surface area contributed by atoms with Crippen LogP contribution >= 0.6 is 11.8 Å². The number of hydrogen-bond acceptors (Lipinski definition) is 4. The summed E-state index contributed by atoms with van der Waals surface area (Å²) >= 11 is 5.86. The van der Waals surface area contributed by atoms with Crippen LogP contribution in [0.2, 0.25) is 0 Å². The van der Waals surface area contributed by atoms with Crippen LogP contribution < -0.4 is 5.32 Å². The first-order chi connectivity index (χ1) is 8.02. The summed E-state index contributed by atoms with van der Waals surface area (Å²) in [7, 11) is 4.41. The van der Waals surface area contributed by atoms with E-state index in [4.69, 9.17) is 11.8 Å². The first-order valence-corrected chi connectivity index (χ1v) is 5.44. The number of nitrogens with zero attached hydrogens (tertiary/aromatic N) is 1. The first-order valence-electron chi connectivity index (χ1n) is 5.10. The second-order valence-electron chi connectivity index (χ2n) is 3.59. The SMILES string of the molecule is CNC(=O)C1C(N(C)Cl)=CC=CC1C(=O)OC. The van der Waals surface area contributed by atoms with Crippen LogP contribution in [0.3, 0.4) is 0 Å². The Morgan fingerprint density at radius 1 is 1.53 bits per heavy atom. The molecule has 2 atom stereocenters. The average molecular weight is 259 g/mol. The molecule has 0 aromatic carbocycles. The molecule has 0 aromatic rings. The Kier molecular flexibility index (Phi) is 4.57. The predicted molar refractivity (Wildman–Crippen MR) is 63.9 cm³/mol. The topological polar surface area (TPSA) is 58.6 Å². The standard InChI is InChI=1S/C11H15ClN2O3/c1-13-10(15)9-7(11(16)17-3)5-4-6-8(9)14(2)12/h4-7,9H,1-3H3,(H,13,15). The summed E-state index contributed by atoms with van der Waals surface area (Å²) in [5.74, 6) is -2.05. The van der Waals surface area contributed by atoms with Gasteiger partial charge >= 0.3 is 5.97 Å². The molecule has 6 heteroatoms. The van der Waals surface area contributed by atoms with E-state index in [1.165, 1.54) is 18.6 Å². The van der Waals surface area contributed by atoms with Crippen LogP contribution in [-0.4, -0.2) is 37.5 Å². The van der Waals surface area contributed by atoms with E-state index < -0.39 is 17.8 Å². The molecule has 0 aromatic heterocycles. The van der Waals surface area contributed by atoms with E-state index in [-0.39, 0.29) is 5.91 Å². The number of carbonyl (C=O) groups excluding carboxylic acids is 2. The summed E-state index contributed by atoms with van der Waals surface area (Å²) in [6.07, 6.45) is 5.03. The molecular weight excluding hydrogens is 244 g/mol. The fourth-order valence-corrected chi connectivity index (χ4v) is 1.93. The second kappa shape index (κ2) is 5.72. The summed E-state index contributed by atoms with van der Waals surface area (Å²) < 4.78 is 5.99. The minimum Gasteiger partial charge on any atom is -0.469 e. The van der Waals surface area contributed by atoms with Crippen LogP contribution in [0.25, 0.3) is 0 Å². The lowest BCUT2D eigenvalue weighted by atomic mass is 9.85. The van der Waals surface area contributed by atoms with Crippen molar-refractivity contribution in [3.63, 3.8) is 0 Å². The van der Waals surface area contributed by atoms with Gasteiger partial charge in [-0.05, 0) is 6.08 Å². The number of rotatable bonds is 3. The third-order valence-electron chi connectivity index (χ3n) is 2.62. The number of nitrogens with one attached hydrogen (secondary N) is 1. The fraction of sp³-hybridized carbons (Fsp3) is 0.455. The molecule has 17 heavy (non-hydrogen) atoms. The van der Waals surface area contributed by atoms with Gasteiger partial charge in [0, 0.05) is 31.6 Å². The summed E-state index contributed by atoms with van der Waals surface area (Å²) in [6, 6.07) is 0. The van der Waals surface area contributed by atoms with Crippen molar-refractivity contribution in [3.8, 4) is 0 Å². The molecule has 2 unspecified atom stereocenters. The van der Waals surface area contributed by atoms with Gasteiger partial charge in [0.15, 0.2) is 0 Å². The van der Waals surface area contributed by atoms with Crippen molar-refractivity contribution in [1.82, 2.24) is 9.74 Å². The van der Waals surface area contributed by atoms with Gasteiger partial charge in [-0.3, -0.25) is 14.0 Å². The molecule has 0 fully saturated rings. The lowest BCUT2D eigenvalue weighted by Crippen LogP contribution is -2.40. The molecule has 0 saturated heterocycles. The molecule has 0 spiro atoms. The molecule has 1 aliphatic rings. The highest BCUT2D eigenvalue weighted by Gasteiger charge is 2.37. The number of methoxy groups -OCH3 is 1. The van der Waals surface area contributed by atoms with E-state index in [0.717, 1.165) is 0 Å². The largest absolute Gasteiger partial charge is 0.469 e. The Hall–Kier alpha value is -1.49. The van der Waals surface area contributed by atoms with Gasteiger partial charge in [0.1, 0.15) is 0 Å². The molecule has 1 N–H and O–H groups in total. The van der Waals surface area contributed by atoms with Crippen LogP contribution in [-0.2, 0) is 14.3 Å². The maximum Gasteiger partial charge on any atom is 0.313 e. The highest BCUT2D eigenvalue weighted by atomic mass is 35.5. The molecule has 0 aliphatic heterocycles. The number of allylic oxidation sites excluding steroid dienone is 2. The predicted octanol–water partition coefficient (Wildman–Crippen LogP) is 0.677. The zero-order chi connectivity index (χ0) is 13.0. The van der Waals surface area contributed by atoms with E-state index >= 15 is 0 Å². The average Bonchev–Trinajstić information content (AvgIpc) is 2.35. The van der Waals surface area contributed by atoms with Crippen LogP contribution in [0.5, 0.6) is 0 Å². The minimum atomic E-state index is -0.667. The number of esters is 1. The zero-order valence-electron chi connectivity index (χ0n) is 9.94. The van der Waals surface area contributed by atoms with Gasteiger partial charge < -0.3 is 10.1 Å². The summed E-state index contributed by atoms with van der Waals surface area (Å²) in [5.41, 5.74) is 0.559. The smallest absolute Gasteiger partial charge is 0.313 e. The molecular formula is C11H15ClN2O3. The van der Waals surface area contributed by atoms with Crippen molar-refractivity contribution in [2.45, 2.75) is 0 Å². The van der Waals surface area contributed by atoms with Crippen molar-refractivity contribution in [2.75, 3.05) is 21.2 Å². The molecule has 0 radical (unpaired) electrons. The fourth-order valence-electron chi connectivity index (χ4n) is 1.77. The van der Waals surface area contributed by atoms with Gasteiger partial charge in [0.2, 0.25) is 5.91 Å². The molecule has 0 bridgehead atoms. The van der Waals surface area contributed by atoms with Crippen LogP contribution in [0, 0.1) is 11.8 Å². The first kappa shape index (κ1) is 13.6. The quantitative estimate of drug-likeness (QED) is 0.597. The normalized spacial score (nSPS) is 22.7. The Morgan fingerprint density at radius 3 is 2.65 bits per heavy atom. The minimum absolute atomic E-state index is 0.275. The molecule has 5 nitrogen and oxygen atoms in total. The van der Waals surface area contributed by atoms with E-state index in [0.29, 0.717) is 5.70 Å². The Morgan fingerprint density at radius 2 is 2.18 bits per heavy atom. The zero-order valence-corrected chi connectivity index (χ0v) is 10.7. The van der Waals surface area contributed by atoms with E-state index in [2.05, 4.69) is 10.1 Å². The van der Waals surface area contributed by atoms with E-state index in [9.17, 15) is 9.59 Å². The van der Waals surface area contributed by atoms with Crippen LogP contribution in [0.15, 0.2) is 23.9 Å². The Bertz CT molecular complexity index is 377. The number of hydrogen-bond donors (Lipinski definition) is 1. The third-order valence-corrected chi connectivity index (χ3v) is 2.82. The molecule has 1 amide bonds. The number of amides is 1. The monoisotopic (exact) mass is 258 g/mol. The van der Waals surface area contributed by atoms with Crippen molar-refractivity contribution >= 4 is 23.7 Å². The summed E-state index contributed by atoms with van der Waals surface area (Å²) in [6.45, 7) is 0. The van der Waals surface area contributed by atoms with Crippen molar-refractivity contribution in [1.29, 1.82) is 0 Å². The second-order valence-corrected chi connectivity index (χ2v) is 4.10. The maximum absolute atomic E-state index is 11.8. The van der Waals surface area contributed by atoms with Gasteiger partial charge in [-0.2, -0.15) is 0 Å².